The van der Waals surface area contributed by atoms with Crippen molar-refractivity contribution in [2.75, 3.05) is 10.2 Å². The van der Waals surface area contributed by atoms with Crippen molar-refractivity contribution in [3.05, 3.63) is 187 Å². The maximum absolute atomic E-state index is 3.47. The van der Waals surface area contributed by atoms with E-state index in [0.29, 0.717) is 0 Å². The van der Waals surface area contributed by atoms with E-state index in [1.807, 2.05) is 18.2 Å². The molecule has 6 aromatic carbocycles. The second-order valence-electron chi connectivity index (χ2n) is 11.1. The van der Waals surface area contributed by atoms with E-state index < -0.39 is 0 Å². The fourth-order valence-corrected chi connectivity index (χ4v) is 5.86. The molecule has 6 aromatic rings. The maximum atomic E-state index is 3.47. The number of hydrogen-bond acceptors (Lipinski definition) is 2. The van der Waals surface area contributed by atoms with E-state index in [1.54, 1.807) is 0 Å². The Morgan fingerprint density at radius 3 is 1.25 bits per heavy atom. The summed E-state index contributed by atoms with van der Waals surface area (Å²) in [6, 6.07) is 58.0. The third-order valence-corrected chi connectivity index (χ3v) is 8.21. The number of nitrogens with zero attached hydrogens (tertiary/aromatic N) is 1. The van der Waals surface area contributed by atoms with Gasteiger partial charge < -0.3 is 10.2 Å². The zero-order valence-corrected chi connectivity index (χ0v) is 24.6. The summed E-state index contributed by atoms with van der Waals surface area (Å²) in [6.07, 6.45) is 6.64. The molecule has 0 heterocycles. The molecule has 0 bridgehead atoms. The molecular weight excluding hydrogens is 532 g/mol. The van der Waals surface area contributed by atoms with Crippen LogP contribution in [0.2, 0.25) is 0 Å². The molecule has 0 saturated carbocycles. The summed E-state index contributed by atoms with van der Waals surface area (Å²) in [5, 5.41) is 3.47. The molecule has 2 nitrogen and oxygen atoms in total. The van der Waals surface area contributed by atoms with E-state index in [0.717, 1.165) is 41.3 Å². The summed E-state index contributed by atoms with van der Waals surface area (Å²) in [4.78, 5) is 2.32. The van der Waals surface area contributed by atoms with Gasteiger partial charge in [0.15, 0.2) is 0 Å². The first-order chi connectivity index (χ1) is 21.8. The normalized spacial score (nSPS) is 12.6. The van der Waals surface area contributed by atoms with Gasteiger partial charge in [0.25, 0.3) is 0 Å². The standard InChI is InChI=1S/C42H34N2/c1-4-10-32(11-5-1)36-22-28-41(29-23-36)44(40-14-8-3-9-15-40)42-30-24-37(25-31-42)34-18-16-33(17-19-34)35-20-26-39(27-21-35)43-38-12-6-2-7-13-38/h1-16,18,20-31,43H,17,19H2. The molecule has 0 aromatic heterocycles. The second kappa shape index (κ2) is 12.7. The number of para-hydroxylation sites is 2. The lowest BCUT2D eigenvalue weighted by Gasteiger charge is -2.26. The van der Waals surface area contributed by atoms with Gasteiger partial charge >= 0.3 is 0 Å². The van der Waals surface area contributed by atoms with Gasteiger partial charge in [-0.2, -0.15) is 0 Å². The summed E-state index contributed by atoms with van der Waals surface area (Å²) >= 11 is 0. The Labute approximate surface area is 260 Å². The molecule has 0 amide bonds. The molecule has 0 atom stereocenters. The molecule has 44 heavy (non-hydrogen) atoms. The van der Waals surface area contributed by atoms with Crippen molar-refractivity contribution in [3.63, 3.8) is 0 Å². The fraction of sp³-hybridized carbons (Fsp3) is 0.0476. The predicted octanol–water partition coefficient (Wildman–Crippen LogP) is 11.8. The van der Waals surface area contributed by atoms with Gasteiger partial charge in [-0.3, -0.25) is 0 Å². The summed E-state index contributed by atoms with van der Waals surface area (Å²) in [5.74, 6) is 0. The molecule has 212 valence electrons. The molecule has 7 rings (SSSR count). The molecule has 0 radical (unpaired) electrons. The quantitative estimate of drug-likeness (QED) is 0.197. The Balaban J connectivity index is 1.10. The highest BCUT2D eigenvalue weighted by Crippen LogP contribution is 2.37. The topological polar surface area (TPSA) is 15.3 Å². The molecule has 0 fully saturated rings. The molecule has 2 heteroatoms. The smallest absolute Gasteiger partial charge is 0.0462 e. The Bertz CT molecular complexity index is 1870. The number of hydrogen-bond donors (Lipinski definition) is 1. The molecule has 1 aliphatic rings. The van der Waals surface area contributed by atoms with Crippen molar-refractivity contribution in [1.82, 2.24) is 0 Å². The fourth-order valence-electron chi connectivity index (χ4n) is 5.86. The van der Waals surface area contributed by atoms with Gasteiger partial charge in [-0.05, 0) is 107 Å². The van der Waals surface area contributed by atoms with Crippen molar-refractivity contribution >= 4 is 39.6 Å². The number of anilines is 5. The highest BCUT2D eigenvalue weighted by atomic mass is 15.1. The van der Waals surface area contributed by atoms with E-state index in [2.05, 4.69) is 168 Å². The van der Waals surface area contributed by atoms with Crippen LogP contribution in [-0.4, -0.2) is 0 Å². The summed E-state index contributed by atoms with van der Waals surface area (Å²) in [5.41, 5.74) is 13.4. The lowest BCUT2D eigenvalue weighted by atomic mass is 9.90. The van der Waals surface area contributed by atoms with E-state index in [-0.39, 0.29) is 0 Å². The van der Waals surface area contributed by atoms with Gasteiger partial charge in [0.1, 0.15) is 0 Å². The van der Waals surface area contributed by atoms with Crippen molar-refractivity contribution in [2.24, 2.45) is 0 Å². The van der Waals surface area contributed by atoms with Gasteiger partial charge in [-0.1, -0.05) is 115 Å². The molecule has 0 spiro atoms. The summed E-state index contributed by atoms with van der Waals surface area (Å²) < 4.78 is 0. The minimum Gasteiger partial charge on any atom is -0.356 e. The molecule has 0 aliphatic heterocycles. The number of rotatable bonds is 8. The average Bonchev–Trinajstić information content (AvgIpc) is 3.11. The van der Waals surface area contributed by atoms with E-state index >= 15 is 0 Å². The Morgan fingerprint density at radius 2 is 0.727 bits per heavy atom. The second-order valence-corrected chi connectivity index (χ2v) is 11.1. The predicted molar refractivity (Wildman–Crippen MR) is 188 cm³/mol. The number of nitrogens with one attached hydrogen (secondary N) is 1. The first-order valence-electron chi connectivity index (χ1n) is 15.2. The Kier molecular flexibility index (Phi) is 7.88. The summed E-state index contributed by atoms with van der Waals surface area (Å²) in [7, 11) is 0. The monoisotopic (exact) mass is 566 g/mol. The first-order valence-corrected chi connectivity index (χ1v) is 15.2. The van der Waals surface area contributed by atoms with Crippen molar-refractivity contribution in [3.8, 4) is 11.1 Å². The van der Waals surface area contributed by atoms with E-state index in [9.17, 15) is 0 Å². The van der Waals surface area contributed by atoms with Gasteiger partial charge in [-0.15, -0.1) is 0 Å². The zero-order chi connectivity index (χ0) is 29.6. The molecule has 1 aliphatic carbocycles. The van der Waals surface area contributed by atoms with Gasteiger partial charge in [0, 0.05) is 28.4 Å². The minimum atomic E-state index is 1.03. The molecule has 0 unspecified atom stereocenters. The first kappa shape index (κ1) is 27.2. The van der Waals surface area contributed by atoms with Crippen LogP contribution in [0.4, 0.5) is 28.4 Å². The van der Waals surface area contributed by atoms with E-state index in [4.69, 9.17) is 0 Å². The molecule has 1 N–H and O–H groups in total. The molecular formula is C42H34N2. The average molecular weight is 567 g/mol. The minimum absolute atomic E-state index is 1.03. The Morgan fingerprint density at radius 1 is 0.341 bits per heavy atom. The van der Waals surface area contributed by atoms with Crippen LogP contribution in [0.25, 0.3) is 22.3 Å². The Hall–Kier alpha value is -5.60. The van der Waals surface area contributed by atoms with Crippen LogP contribution in [0.15, 0.2) is 176 Å². The lowest BCUT2D eigenvalue weighted by molar-refractivity contribution is 1.07. The van der Waals surface area contributed by atoms with Crippen LogP contribution >= 0.6 is 0 Å². The third kappa shape index (κ3) is 6.11. The van der Waals surface area contributed by atoms with Crippen LogP contribution in [0.3, 0.4) is 0 Å². The number of allylic oxidation sites excluding steroid dienone is 4. The van der Waals surface area contributed by atoms with Crippen molar-refractivity contribution in [1.29, 1.82) is 0 Å². The van der Waals surface area contributed by atoms with Gasteiger partial charge in [0.2, 0.25) is 0 Å². The zero-order valence-electron chi connectivity index (χ0n) is 24.6. The number of benzene rings is 6. The van der Waals surface area contributed by atoms with Gasteiger partial charge in [0.05, 0.1) is 0 Å². The lowest BCUT2D eigenvalue weighted by Crippen LogP contribution is -2.09. The molecule has 0 saturated heterocycles. The van der Waals surface area contributed by atoms with Crippen LogP contribution in [-0.2, 0) is 0 Å². The van der Waals surface area contributed by atoms with E-state index in [1.165, 1.54) is 33.4 Å². The van der Waals surface area contributed by atoms with Crippen molar-refractivity contribution in [2.45, 2.75) is 12.8 Å². The van der Waals surface area contributed by atoms with Crippen LogP contribution in [0, 0.1) is 0 Å². The summed E-state index contributed by atoms with van der Waals surface area (Å²) in [6.45, 7) is 0. The third-order valence-electron chi connectivity index (χ3n) is 8.21. The van der Waals surface area contributed by atoms with Crippen LogP contribution in [0.5, 0.6) is 0 Å². The highest BCUT2D eigenvalue weighted by molar-refractivity contribution is 5.82. The SMILES string of the molecule is C1=C(c2ccc(Nc3ccccc3)cc2)CCC(c2ccc(N(c3ccccc3)c3ccc(-c4ccccc4)cc3)cc2)=C1. The van der Waals surface area contributed by atoms with Gasteiger partial charge in [-0.25, -0.2) is 0 Å². The largest absolute Gasteiger partial charge is 0.356 e. The van der Waals surface area contributed by atoms with Crippen LogP contribution < -0.4 is 10.2 Å². The highest BCUT2D eigenvalue weighted by Gasteiger charge is 2.15. The van der Waals surface area contributed by atoms with Crippen LogP contribution in [0.1, 0.15) is 24.0 Å². The maximum Gasteiger partial charge on any atom is 0.0462 e. The van der Waals surface area contributed by atoms with Crippen molar-refractivity contribution < 1.29 is 0 Å².